The summed E-state index contributed by atoms with van der Waals surface area (Å²) in [6.45, 7) is 19.5. The summed E-state index contributed by atoms with van der Waals surface area (Å²) in [7, 11) is 0. The molecule has 0 saturated carbocycles. The van der Waals surface area contributed by atoms with E-state index in [1.54, 1.807) is 0 Å². The van der Waals surface area contributed by atoms with Gasteiger partial charge in [-0.05, 0) is 127 Å². The number of aromatic amines is 1. The van der Waals surface area contributed by atoms with E-state index in [9.17, 15) is 9.59 Å². The predicted molar refractivity (Wildman–Crippen MR) is 194 cm³/mol. The summed E-state index contributed by atoms with van der Waals surface area (Å²) in [6.07, 6.45) is 7.92. The summed E-state index contributed by atoms with van der Waals surface area (Å²) >= 11 is 0. The molecule has 9 nitrogen and oxygen atoms in total. The van der Waals surface area contributed by atoms with Crippen molar-refractivity contribution in [2.45, 2.75) is 98.2 Å². The Morgan fingerprint density at radius 2 is 1.73 bits per heavy atom. The second-order valence-electron chi connectivity index (χ2n) is 14.8. The van der Waals surface area contributed by atoms with Crippen LogP contribution in [0.4, 0.5) is 11.5 Å². The number of nitrogens with one attached hydrogen (secondary N) is 2. The molecular formula is C39H54N6O3. The summed E-state index contributed by atoms with van der Waals surface area (Å²) in [6, 6.07) is 8.82. The lowest BCUT2D eigenvalue weighted by molar-refractivity contribution is 0.0846. The number of fused-ring (bicyclic) bond motifs is 1. The molecule has 0 spiro atoms. The number of rotatable bonds is 8. The first-order chi connectivity index (χ1) is 23.0. The number of piperazine rings is 1. The van der Waals surface area contributed by atoms with Crippen molar-refractivity contribution in [3.8, 4) is 11.1 Å². The standard InChI is InChI=1S/C39H54N6O3/c1-7-45(30-14-20-48-21-15-30)35-23-29(28-12-13-36(40-24-28)43-16-18-44(19-17-43)39(4,5)6)22-33(26(35)2)37(46)41-25-34-32-11-9-8-10-31(32)27(3)42-38(34)47/h12-13,22-24,30H,7-11,14-21,25H2,1-6H3,(H,41,46)(H,42,47). The highest BCUT2D eigenvalue weighted by Crippen LogP contribution is 2.34. The quantitative estimate of drug-likeness (QED) is 0.318. The maximum absolute atomic E-state index is 14.1. The van der Waals surface area contributed by atoms with Gasteiger partial charge in [-0.15, -0.1) is 0 Å². The van der Waals surface area contributed by atoms with Gasteiger partial charge in [-0.1, -0.05) is 0 Å². The van der Waals surface area contributed by atoms with Crippen molar-refractivity contribution in [2.24, 2.45) is 0 Å². The lowest BCUT2D eigenvalue weighted by atomic mass is 9.88. The summed E-state index contributed by atoms with van der Waals surface area (Å²) in [5.41, 5.74) is 8.69. The van der Waals surface area contributed by atoms with Gasteiger partial charge in [0.05, 0.1) is 0 Å². The number of carbonyl (C=O) groups is 1. The molecule has 3 aromatic rings. The SMILES string of the molecule is CCN(c1cc(-c2ccc(N3CCN(C(C)(C)C)CC3)nc2)cc(C(=O)NCc2c3c(c(C)[nH]c2=O)CCCC3)c1C)C1CCOCC1. The van der Waals surface area contributed by atoms with Crippen molar-refractivity contribution < 1.29 is 9.53 Å². The summed E-state index contributed by atoms with van der Waals surface area (Å²) in [5, 5.41) is 3.15. The van der Waals surface area contributed by atoms with Crippen LogP contribution in [0.15, 0.2) is 35.3 Å². The third-order valence-electron chi connectivity index (χ3n) is 10.8. The fourth-order valence-electron chi connectivity index (χ4n) is 7.93. The average Bonchev–Trinajstić information content (AvgIpc) is 3.09. The van der Waals surface area contributed by atoms with Gasteiger partial charge in [0.1, 0.15) is 5.82 Å². The van der Waals surface area contributed by atoms with E-state index < -0.39 is 0 Å². The molecule has 0 unspecified atom stereocenters. The van der Waals surface area contributed by atoms with E-state index in [0.29, 0.717) is 17.2 Å². The van der Waals surface area contributed by atoms with Crippen molar-refractivity contribution in [1.82, 2.24) is 20.2 Å². The van der Waals surface area contributed by atoms with Gasteiger partial charge in [-0.3, -0.25) is 14.5 Å². The van der Waals surface area contributed by atoms with E-state index in [1.165, 1.54) is 5.56 Å². The summed E-state index contributed by atoms with van der Waals surface area (Å²) < 4.78 is 5.70. The van der Waals surface area contributed by atoms with Crippen LogP contribution < -0.4 is 20.7 Å². The second kappa shape index (κ2) is 14.4. The molecule has 2 aromatic heterocycles. The maximum atomic E-state index is 14.1. The van der Waals surface area contributed by atoms with Gasteiger partial charge in [-0.25, -0.2) is 4.98 Å². The number of H-pyrrole nitrogens is 1. The van der Waals surface area contributed by atoms with Crippen LogP contribution in [0.2, 0.25) is 0 Å². The van der Waals surface area contributed by atoms with Crippen LogP contribution in [0, 0.1) is 13.8 Å². The van der Waals surface area contributed by atoms with E-state index in [1.807, 2.05) is 19.2 Å². The Labute approximate surface area is 286 Å². The lowest BCUT2D eigenvalue weighted by Gasteiger charge is -2.42. The molecule has 0 atom stereocenters. The monoisotopic (exact) mass is 654 g/mol. The first kappa shape index (κ1) is 34.2. The number of nitrogens with zero attached hydrogens (tertiary/aromatic N) is 4. The Hall–Kier alpha value is -3.69. The zero-order valence-corrected chi connectivity index (χ0v) is 29.9. The molecule has 1 amide bonds. The molecule has 258 valence electrons. The van der Waals surface area contributed by atoms with Gasteiger partial charge in [0, 0.05) is 98.3 Å². The van der Waals surface area contributed by atoms with Crippen LogP contribution in [0.25, 0.3) is 11.1 Å². The molecule has 1 aromatic carbocycles. The first-order valence-corrected chi connectivity index (χ1v) is 18.0. The van der Waals surface area contributed by atoms with Gasteiger partial charge < -0.3 is 24.8 Å². The van der Waals surface area contributed by atoms with E-state index in [2.05, 4.69) is 77.8 Å². The normalized spacial score (nSPS) is 17.7. The van der Waals surface area contributed by atoms with Crippen molar-refractivity contribution in [1.29, 1.82) is 0 Å². The number of aryl methyl sites for hydroxylation is 1. The molecule has 1 aliphatic carbocycles. The molecule has 0 radical (unpaired) electrons. The molecule has 2 fully saturated rings. The minimum atomic E-state index is -0.163. The highest BCUT2D eigenvalue weighted by atomic mass is 16.5. The fraction of sp³-hybridized carbons (Fsp3) is 0.564. The van der Waals surface area contributed by atoms with E-state index in [4.69, 9.17) is 9.72 Å². The summed E-state index contributed by atoms with van der Waals surface area (Å²) in [4.78, 5) is 42.5. The highest BCUT2D eigenvalue weighted by molar-refractivity contribution is 5.99. The number of hydrogen-bond acceptors (Lipinski definition) is 7. The molecule has 2 saturated heterocycles. The molecule has 48 heavy (non-hydrogen) atoms. The van der Waals surface area contributed by atoms with Crippen LogP contribution in [0.1, 0.15) is 91.7 Å². The van der Waals surface area contributed by atoms with Gasteiger partial charge in [0.2, 0.25) is 0 Å². The molecule has 6 rings (SSSR count). The number of aromatic nitrogens is 2. The van der Waals surface area contributed by atoms with Gasteiger partial charge >= 0.3 is 0 Å². The molecule has 9 heteroatoms. The van der Waals surface area contributed by atoms with Crippen LogP contribution >= 0.6 is 0 Å². The van der Waals surface area contributed by atoms with E-state index in [-0.39, 0.29) is 23.6 Å². The van der Waals surface area contributed by atoms with Crippen molar-refractivity contribution >= 4 is 17.4 Å². The Morgan fingerprint density at radius 3 is 2.38 bits per heavy atom. The van der Waals surface area contributed by atoms with Gasteiger partial charge in [0.15, 0.2) is 0 Å². The zero-order valence-electron chi connectivity index (χ0n) is 29.9. The Balaban J connectivity index is 1.30. The van der Waals surface area contributed by atoms with Crippen LogP contribution in [-0.4, -0.2) is 78.3 Å². The molecule has 3 aliphatic rings. The second-order valence-corrected chi connectivity index (χ2v) is 14.8. The Morgan fingerprint density at radius 1 is 1.02 bits per heavy atom. The number of ether oxygens (including phenoxy) is 1. The number of amides is 1. The topological polar surface area (TPSA) is 93.8 Å². The number of pyridine rings is 2. The molecule has 4 heterocycles. The van der Waals surface area contributed by atoms with Gasteiger partial charge in [-0.2, -0.15) is 0 Å². The highest BCUT2D eigenvalue weighted by Gasteiger charge is 2.28. The summed E-state index contributed by atoms with van der Waals surface area (Å²) in [5.74, 6) is 0.825. The maximum Gasteiger partial charge on any atom is 0.253 e. The van der Waals surface area contributed by atoms with Crippen LogP contribution in [0.3, 0.4) is 0 Å². The molecular weight excluding hydrogens is 600 g/mol. The van der Waals surface area contributed by atoms with E-state index >= 15 is 0 Å². The van der Waals surface area contributed by atoms with Crippen molar-refractivity contribution in [3.05, 3.63) is 74.3 Å². The third-order valence-corrected chi connectivity index (χ3v) is 10.8. The lowest BCUT2D eigenvalue weighted by Crippen LogP contribution is -2.53. The van der Waals surface area contributed by atoms with Crippen molar-refractivity contribution in [3.63, 3.8) is 0 Å². The largest absolute Gasteiger partial charge is 0.381 e. The van der Waals surface area contributed by atoms with Crippen LogP contribution in [0.5, 0.6) is 0 Å². The minimum absolute atomic E-state index is 0.0951. The van der Waals surface area contributed by atoms with Crippen molar-refractivity contribution in [2.75, 3.05) is 55.7 Å². The minimum Gasteiger partial charge on any atom is -0.381 e. The number of carbonyl (C=O) groups excluding carboxylic acids is 1. The predicted octanol–water partition coefficient (Wildman–Crippen LogP) is 5.79. The number of anilines is 2. The smallest absolute Gasteiger partial charge is 0.253 e. The molecule has 2 aliphatic heterocycles. The number of benzene rings is 1. The zero-order chi connectivity index (χ0) is 34.0. The van der Waals surface area contributed by atoms with Gasteiger partial charge in [0.25, 0.3) is 11.5 Å². The third kappa shape index (κ3) is 7.18. The van der Waals surface area contributed by atoms with Crippen LogP contribution in [-0.2, 0) is 24.1 Å². The number of hydrogen-bond donors (Lipinski definition) is 2. The Bertz CT molecular complexity index is 1660. The molecule has 0 bridgehead atoms. The fourth-order valence-corrected chi connectivity index (χ4v) is 7.93. The Kier molecular flexibility index (Phi) is 10.3. The first-order valence-electron chi connectivity index (χ1n) is 18.0. The average molecular weight is 655 g/mol. The van der Waals surface area contributed by atoms with E-state index in [0.717, 1.165) is 124 Å². The molecule has 2 N–H and O–H groups in total.